The Balaban J connectivity index is 1.23. The van der Waals surface area contributed by atoms with Crippen LogP contribution in [0.2, 0.25) is 0 Å². The molecular weight excluding hydrogens is 526 g/mol. The van der Waals surface area contributed by atoms with E-state index >= 15 is 0 Å². The molecule has 10 heteroatoms. The van der Waals surface area contributed by atoms with Crippen molar-refractivity contribution in [1.82, 2.24) is 25.8 Å². The molecule has 9 nitrogen and oxygen atoms in total. The van der Waals surface area contributed by atoms with Crippen LogP contribution >= 0.6 is 11.3 Å². The third kappa shape index (κ3) is 6.78. The van der Waals surface area contributed by atoms with E-state index in [0.717, 1.165) is 33.5 Å². The number of nitrogens with one attached hydrogen (secondary N) is 3. The van der Waals surface area contributed by atoms with E-state index in [9.17, 15) is 14.4 Å². The molecule has 5 rings (SSSR count). The molecular formula is C30H27N5O4S. The van der Waals surface area contributed by atoms with Crippen LogP contribution in [0.4, 0.5) is 0 Å². The lowest BCUT2D eigenvalue weighted by Crippen LogP contribution is -2.45. The average Bonchev–Trinajstić information content (AvgIpc) is 3.39. The maximum atomic E-state index is 13.1. The van der Waals surface area contributed by atoms with Crippen molar-refractivity contribution in [3.63, 3.8) is 0 Å². The summed E-state index contributed by atoms with van der Waals surface area (Å²) >= 11 is 0.970. The monoisotopic (exact) mass is 553 g/mol. The topological polar surface area (TPSA) is 126 Å². The molecule has 0 bridgehead atoms. The molecule has 0 aliphatic carbocycles. The summed E-state index contributed by atoms with van der Waals surface area (Å²) in [5, 5.41) is 13.8. The van der Waals surface area contributed by atoms with Crippen LogP contribution in [0.25, 0.3) is 10.9 Å². The fourth-order valence-electron chi connectivity index (χ4n) is 4.29. The van der Waals surface area contributed by atoms with Gasteiger partial charge in [-0.15, -0.1) is 0 Å². The second-order valence-corrected chi connectivity index (χ2v) is 10.3. The van der Waals surface area contributed by atoms with Crippen LogP contribution in [-0.4, -0.2) is 39.6 Å². The Morgan fingerprint density at radius 3 is 2.42 bits per heavy atom. The first-order valence-corrected chi connectivity index (χ1v) is 13.5. The summed E-state index contributed by atoms with van der Waals surface area (Å²) in [5.41, 5.74) is 3.83. The number of H-pyrrole nitrogens is 1. The molecule has 202 valence electrons. The predicted molar refractivity (Wildman–Crippen MR) is 154 cm³/mol. The van der Waals surface area contributed by atoms with Gasteiger partial charge in [0.15, 0.2) is 0 Å². The van der Waals surface area contributed by atoms with Gasteiger partial charge in [-0.3, -0.25) is 19.4 Å². The first-order chi connectivity index (χ1) is 19.4. The predicted octanol–water partition coefficient (Wildman–Crippen LogP) is 4.04. The molecule has 0 saturated carbocycles. The minimum Gasteiger partial charge on any atom is -0.489 e. The fourth-order valence-corrected chi connectivity index (χ4v) is 4.97. The summed E-state index contributed by atoms with van der Waals surface area (Å²) in [5.74, 6) is 0.0564. The van der Waals surface area contributed by atoms with Crippen LogP contribution in [-0.2, 0) is 13.0 Å². The first kappa shape index (κ1) is 26.8. The number of amides is 2. The summed E-state index contributed by atoms with van der Waals surface area (Å²) in [7, 11) is 0. The Morgan fingerprint density at radius 2 is 1.68 bits per heavy atom. The van der Waals surface area contributed by atoms with E-state index in [0.29, 0.717) is 28.5 Å². The average molecular weight is 554 g/mol. The lowest BCUT2D eigenvalue weighted by atomic mass is 10.1. The maximum absolute atomic E-state index is 13.1. The first-order valence-electron chi connectivity index (χ1n) is 12.7. The molecule has 0 radical (unpaired) electrons. The zero-order chi connectivity index (χ0) is 27.9. The quantitative estimate of drug-likeness (QED) is 0.240. The lowest BCUT2D eigenvalue weighted by molar-refractivity contribution is 0.0908. The normalized spacial score (nSPS) is 11.6. The van der Waals surface area contributed by atoms with Crippen molar-refractivity contribution in [1.29, 1.82) is 0 Å². The lowest BCUT2D eigenvalue weighted by Gasteiger charge is -2.18. The van der Waals surface area contributed by atoms with Gasteiger partial charge in [0, 0.05) is 40.7 Å². The van der Waals surface area contributed by atoms with Crippen LogP contribution in [0.5, 0.6) is 5.75 Å². The van der Waals surface area contributed by atoms with Gasteiger partial charge < -0.3 is 15.4 Å². The van der Waals surface area contributed by atoms with Crippen molar-refractivity contribution in [2.24, 2.45) is 0 Å². The van der Waals surface area contributed by atoms with Gasteiger partial charge in [-0.05, 0) is 55.5 Å². The maximum Gasteiger partial charge on any atom is 0.322 e. The Bertz CT molecular complexity index is 1680. The highest BCUT2D eigenvalue weighted by molar-refractivity contribution is 7.08. The molecule has 1 atom stereocenters. The number of rotatable bonds is 10. The molecule has 0 aliphatic heterocycles. The molecule has 2 amide bonds. The largest absolute Gasteiger partial charge is 0.489 e. The number of aryl methyl sites for hydroxylation is 1. The summed E-state index contributed by atoms with van der Waals surface area (Å²) in [6.45, 7) is 2.48. The van der Waals surface area contributed by atoms with Gasteiger partial charge in [-0.25, -0.2) is 5.10 Å². The molecule has 0 saturated heterocycles. The number of pyridine rings is 1. The number of benzene rings is 3. The van der Waals surface area contributed by atoms with Crippen LogP contribution in [0.15, 0.2) is 89.7 Å². The van der Waals surface area contributed by atoms with Crippen LogP contribution in [0.1, 0.15) is 37.0 Å². The molecule has 3 N–H and O–H groups in total. The zero-order valence-corrected chi connectivity index (χ0v) is 22.5. The van der Waals surface area contributed by atoms with Gasteiger partial charge >= 0.3 is 4.87 Å². The molecule has 1 unspecified atom stereocenters. The van der Waals surface area contributed by atoms with E-state index in [1.54, 1.807) is 48.5 Å². The minimum atomic E-state index is -0.488. The molecule has 40 heavy (non-hydrogen) atoms. The highest BCUT2D eigenvalue weighted by atomic mass is 32.1. The van der Waals surface area contributed by atoms with Gasteiger partial charge in [-0.1, -0.05) is 47.7 Å². The summed E-state index contributed by atoms with van der Waals surface area (Å²) < 4.78 is 6.01. The van der Waals surface area contributed by atoms with Crippen molar-refractivity contribution < 1.29 is 14.3 Å². The number of ether oxygens (including phenoxy) is 1. The molecule has 2 aromatic heterocycles. The van der Waals surface area contributed by atoms with Crippen molar-refractivity contribution >= 4 is 34.1 Å². The van der Waals surface area contributed by atoms with Crippen LogP contribution in [0, 0.1) is 6.92 Å². The van der Waals surface area contributed by atoms with Gasteiger partial charge in [0.25, 0.3) is 11.8 Å². The molecule has 0 fully saturated rings. The number of nitrogens with zero attached hydrogens (tertiary/aromatic N) is 2. The van der Waals surface area contributed by atoms with E-state index < -0.39 is 6.04 Å². The molecule has 2 heterocycles. The van der Waals surface area contributed by atoms with E-state index in [4.69, 9.17) is 4.74 Å². The third-order valence-electron chi connectivity index (χ3n) is 6.22. The van der Waals surface area contributed by atoms with Gasteiger partial charge in [-0.2, -0.15) is 5.10 Å². The highest BCUT2D eigenvalue weighted by Gasteiger charge is 2.18. The number of fused-ring (bicyclic) bond motifs is 1. The van der Waals surface area contributed by atoms with Crippen molar-refractivity contribution in [2.45, 2.75) is 26.0 Å². The Labute approximate surface area is 234 Å². The Hall–Kier alpha value is -4.83. The second-order valence-electron chi connectivity index (χ2n) is 9.21. The highest BCUT2D eigenvalue weighted by Crippen LogP contribution is 2.21. The van der Waals surface area contributed by atoms with E-state index in [-0.39, 0.29) is 29.7 Å². The Morgan fingerprint density at radius 1 is 0.950 bits per heavy atom. The summed E-state index contributed by atoms with van der Waals surface area (Å²) in [6, 6.07) is 25.1. The smallest absolute Gasteiger partial charge is 0.322 e. The third-order valence-corrected chi connectivity index (χ3v) is 6.99. The minimum absolute atomic E-state index is 0.160. The second kappa shape index (κ2) is 12.4. The van der Waals surface area contributed by atoms with Gasteiger partial charge in [0.1, 0.15) is 17.4 Å². The van der Waals surface area contributed by atoms with Crippen molar-refractivity contribution in [2.75, 3.05) is 6.54 Å². The van der Waals surface area contributed by atoms with E-state index in [1.807, 2.05) is 43.3 Å². The number of aromatic amines is 1. The summed E-state index contributed by atoms with van der Waals surface area (Å²) in [4.78, 5) is 41.5. The molecule has 5 aromatic rings. The zero-order valence-electron chi connectivity index (χ0n) is 21.7. The van der Waals surface area contributed by atoms with Crippen LogP contribution in [0.3, 0.4) is 0 Å². The standard InChI is InChI=1S/C30H27N5O4S/c1-19-15-22(25-9-5-6-10-26(25)32-19)18-39-24-13-11-21(12-14-24)29(37)33-23(16-27-34-35-30(38)40-27)17-31-28(36)20-7-3-2-4-8-20/h2-15,23H,16-18H2,1H3,(H,31,36)(H,33,37)(H,35,38). The number of hydrogen-bond donors (Lipinski definition) is 3. The molecule has 0 aliphatic rings. The number of carbonyl (C=O) groups excluding carboxylic acids is 2. The van der Waals surface area contributed by atoms with Gasteiger partial charge in [0.2, 0.25) is 0 Å². The van der Waals surface area contributed by atoms with Gasteiger partial charge in [0.05, 0.1) is 11.6 Å². The molecule has 3 aromatic carbocycles. The van der Waals surface area contributed by atoms with E-state index in [1.165, 1.54) is 0 Å². The number of carbonyl (C=O) groups is 2. The molecule has 0 spiro atoms. The Kier molecular flexibility index (Phi) is 8.26. The fraction of sp³-hybridized carbons (Fsp3) is 0.167. The SMILES string of the molecule is Cc1cc(COc2ccc(C(=O)NC(CNC(=O)c3ccccc3)Cc3n[nH]c(=O)s3)cc2)c2ccccc2n1. The number of hydrogen-bond acceptors (Lipinski definition) is 7. The number of aromatic nitrogens is 3. The van der Waals surface area contributed by atoms with Crippen molar-refractivity contribution in [3.05, 3.63) is 122 Å². The van der Waals surface area contributed by atoms with E-state index in [2.05, 4.69) is 25.8 Å². The van der Waals surface area contributed by atoms with Crippen LogP contribution < -0.4 is 20.2 Å². The number of para-hydroxylation sites is 1. The van der Waals surface area contributed by atoms with Crippen molar-refractivity contribution in [3.8, 4) is 5.75 Å². The summed E-state index contributed by atoms with van der Waals surface area (Å²) in [6.07, 6.45) is 0.282.